The number of carbonyl (C=O) groups excluding carboxylic acids is 1. The molecule has 0 aromatic rings. The molecule has 4 nitrogen and oxygen atoms in total. The van der Waals surface area contributed by atoms with Gasteiger partial charge in [-0.2, -0.15) is 0 Å². The predicted octanol–water partition coefficient (Wildman–Crippen LogP) is 1.83. The van der Waals surface area contributed by atoms with Crippen LogP contribution in [0.2, 0.25) is 0 Å². The van der Waals surface area contributed by atoms with Crippen LogP contribution in [0, 0.1) is 11.8 Å². The fourth-order valence-corrected chi connectivity index (χ4v) is 3.28. The number of hydrogen-bond acceptors (Lipinski definition) is 3. The molecule has 0 radical (unpaired) electrons. The minimum Gasteiger partial charge on any atom is -0.381 e. The van der Waals surface area contributed by atoms with Crippen molar-refractivity contribution in [1.82, 2.24) is 10.2 Å². The van der Waals surface area contributed by atoms with Gasteiger partial charge in [-0.05, 0) is 51.1 Å². The third-order valence-corrected chi connectivity index (χ3v) is 4.72. The van der Waals surface area contributed by atoms with E-state index < -0.39 is 0 Å². The van der Waals surface area contributed by atoms with Gasteiger partial charge in [0.15, 0.2) is 0 Å². The number of amides is 1. The van der Waals surface area contributed by atoms with E-state index in [1.165, 1.54) is 19.3 Å². The number of nitrogens with zero attached hydrogens (tertiary/aromatic N) is 1. The Labute approximate surface area is 128 Å². The van der Waals surface area contributed by atoms with Crippen molar-refractivity contribution in [3.8, 4) is 0 Å². The highest BCUT2D eigenvalue weighted by Gasteiger charge is 2.34. The quantitative estimate of drug-likeness (QED) is 0.814. The zero-order valence-electron chi connectivity index (χ0n) is 12.2. The van der Waals surface area contributed by atoms with E-state index in [1.807, 2.05) is 0 Å². The van der Waals surface area contributed by atoms with Crippen molar-refractivity contribution in [3.63, 3.8) is 0 Å². The third kappa shape index (κ3) is 4.34. The number of hydrogen-bond donors (Lipinski definition) is 1. The summed E-state index contributed by atoms with van der Waals surface area (Å²) in [6.07, 6.45) is 6.61. The van der Waals surface area contributed by atoms with Gasteiger partial charge in [0.25, 0.3) is 0 Å². The van der Waals surface area contributed by atoms with Crippen LogP contribution in [0.25, 0.3) is 0 Å². The lowest BCUT2D eigenvalue weighted by Crippen LogP contribution is -2.37. The van der Waals surface area contributed by atoms with Gasteiger partial charge in [0, 0.05) is 31.5 Å². The Morgan fingerprint density at radius 3 is 2.65 bits per heavy atom. The Hall–Kier alpha value is -0.320. The van der Waals surface area contributed by atoms with Gasteiger partial charge in [-0.25, -0.2) is 0 Å². The van der Waals surface area contributed by atoms with E-state index in [4.69, 9.17) is 4.74 Å². The summed E-state index contributed by atoms with van der Waals surface area (Å²) in [6, 6.07) is 0.551. The highest BCUT2D eigenvalue weighted by Crippen LogP contribution is 2.30. The van der Waals surface area contributed by atoms with Crippen molar-refractivity contribution >= 4 is 18.3 Å². The number of halogens is 1. The molecule has 3 fully saturated rings. The van der Waals surface area contributed by atoms with Gasteiger partial charge >= 0.3 is 0 Å². The molecule has 3 aliphatic rings. The Bertz CT molecular complexity index is 311. The summed E-state index contributed by atoms with van der Waals surface area (Å²) in [6.45, 7) is 4.90. The molecule has 2 aliphatic heterocycles. The molecule has 0 aromatic heterocycles. The molecule has 0 aromatic carbocycles. The molecule has 1 N–H and O–H groups in total. The van der Waals surface area contributed by atoms with Crippen molar-refractivity contribution in [3.05, 3.63) is 0 Å². The van der Waals surface area contributed by atoms with Crippen LogP contribution in [0.3, 0.4) is 0 Å². The lowest BCUT2D eigenvalue weighted by Gasteiger charge is -2.25. The molecule has 2 atom stereocenters. The molecule has 3 rings (SSSR count). The molecule has 0 bridgehead atoms. The SMILES string of the molecule is Cl.O=C(CCC1CCNC1)N(CC1CCOC1)C1CC1. The van der Waals surface area contributed by atoms with E-state index >= 15 is 0 Å². The molecule has 1 aliphatic carbocycles. The maximum absolute atomic E-state index is 12.4. The molecule has 1 saturated carbocycles. The first kappa shape index (κ1) is 16.1. The largest absolute Gasteiger partial charge is 0.381 e. The molecule has 116 valence electrons. The molecular formula is C15H27ClN2O2. The first-order valence-corrected chi connectivity index (χ1v) is 7.91. The van der Waals surface area contributed by atoms with Gasteiger partial charge in [0.05, 0.1) is 6.61 Å². The van der Waals surface area contributed by atoms with Gasteiger partial charge in [0.1, 0.15) is 0 Å². The summed E-state index contributed by atoms with van der Waals surface area (Å²) in [5, 5.41) is 3.38. The van der Waals surface area contributed by atoms with Crippen molar-refractivity contribution in [2.24, 2.45) is 11.8 Å². The maximum atomic E-state index is 12.4. The molecule has 0 spiro atoms. The van der Waals surface area contributed by atoms with Crippen LogP contribution in [0.1, 0.15) is 38.5 Å². The average molecular weight is 303 g/mol. The van der Waals surface area contributed by atoms with Crippen molar-refractivity contribution in [2.75, 3.05) is 32.8 Å². The smallest absolute Gasteiger partial charge is 0.222 e. The van der Waals surface area contributed by atoms with E-state index in [9.17, 15) is 4.79 Å². The maximum Gasteiger partial charge on any atom is 0.222 e. The summed E-state index contributed by atoms with van der Waals surface area (Å²) < 4.78 is 5.43. The lowest BCUT2D eigenvalue weighted by atomic mass is 10.0. The van der Waals surface area contributed by atoms with Gasteiger partial charge in [0.2, 0.25) is 5.91 Å². The van der Waals surface area contributed by atoms with E-state index in [2.05, 4.69) is 10.2 Å². The van der Waals surface area contributed by atoms with Crippen LogP contribution in [-0.2, 0) is 9.53 Å². The Morgan fingerprint density at radius 2 is 2.05 bits per heavy atom. The van der Waals surface area contributed by atoms with Crippen LogP contribution >= 0.6 is 12.4 Å². The van der Waals surface area contributed by atoms with Crippen molar-refractivity contribution < 1.29 is 9.53 Å². The molecule has 20 heavy (non-hydrogen) atoms. The van der Waals surface area contributed by atoms with Crippen molar-refractivity contribution in [1.29, 1.82) is 0 Å². The Kier molecular flexibility index (Phi) is 6.12. The summed E-state index contributed by atoms with van der Waals surface area (Å²) in [4.78, 5) is 14.6. The van der Waals surface area contributed by atoms with Crippen molar-refractivity contribution in [2.45, 2.75) is 44.6 Å². The minimum absolute atomic E-state index is 0. The first-order chi connectivity index (χ1) is 9.33. The van der Waals surface area contributed by atoms with E-state index in [-0.39, 0.29) is 12.4 Å². The van der Waals surface area contributed by atoms with Crippen LogP contribution < -0.4 is 5.32 Å². The number of nitrogens with one attached hydrogen (secondary N) is 1. The highest BCUT2D eigenvalue weighted by atomic mass is 35.5. The summed E-state index contributed by atoms with van der Waals surface area (Å²) in [7, 11) is 0. The Morgan fingerprint density at radius 1 is 1.20 bits per heavy atom. The molecule has 5 heteroatoms. The molecule has 2 unspecified atom stereocenters. The second kappa shape index (κ2) is 7.62. The van der Waals surface area contributed by atoms with Crippen LogP contribution in [-0.4, -0.2) is 49.7 Å². The minimum atomic E-state index is 0. The van der Waals surface area contributed by atoms with Gasteiger partial charge in [-0.15, -0.1) is 12.4 Å². The van der Waals surface area contributed by atoms with Gasteiger partial charge in [-0.3, -0.25) is 4.79 Å². The molecule has 2 heterocycles. The van der Waals surface area contributed by atoms with E-state index in [1.54, 1.807) is 0 Å². The fourth-order valence-electron chi connectivity index (χ4n) is 3.28. The van der Waals surface area contributed by atoms with E-state index in [0.29, 0.717) is 17.9 Å². The van der Waals surface area contributed by atoms with Crippen LogP contribution in [0.4, 0.5) is 0 Å². The lowest BCUT2D eigenvalue weighted by molar-refractivity contribution is -0.132. The van der Waals surface area contributed by atoms with Gasteiger partial charge < -0.3 is 15.0 Å². The summed E-state index contributed by atoms with van der Waals surface area (Å²) >= 11 is 0. The zero-order chi connectivity index (χ0) is 13.1. The molecule has 1 amide bonds. The van der Waals surface area contributed by atoms with E-state index in [0.717, 1.165) is 58.0 Å². The predicted molar refractivity (Wildman–Crippen MR) is 81.1 cm³/mol. The monoisotopic (exact) mass is 302 g/mol. The summed E-state index contributed by atoms with van der Waals surface area (Å²) in [5.74, 6) is 1.69. The van der Waals surface area contributed by atoms with Crippen LogP contribution in [0.15, 0.2) is 0 Å². The van der Waals surface area contributed by atoms with Gasteiger partial charge in [-0.1, -0.05) is 0 Å². The number of carbonyl (C=O) groups is 1. The second-order valence-corrected chi connectivity index (χ2v) is 6.40. The number of rotatable bonds is 6. The van der Waals surface area contributed by atoms with Crippen LogP contribution in [0.5, 0.6) is 0 Å². The first-order valence-electron chi connectivity index (χ1n) is 7.91. The standard InChI is InChI=1S/C15H26N2O2.ClH/c18-15(4-1-12-5-7-16-9-12)17(14-2-3-14)10-13-6-8-19-11-13;/h12-14,16H,1-11H2;1H. The average Bonchev–Trinajstić information content (AvgIpc) is 2.94. The fraction of sp³-hybridized carbons (Fsp3) is 0.933. The highest BCUT2D eigenvalue weighted by molar-refractivity contribution is 5.85. The third-order valence-electron chi connectivity index (χ3n) is 4.72. The normalized spacial score (nSPS) is 29.2. The Balaban J connectivity index is 0.00000147. The molecule has 2 saturated heterocycles. The summed E-state index contributed by atoms with van der Waals surface area (Å²) in [5.41, 5.74) is 0. The zero-order valence-corrected chi connectivity index (χ0v) is 13.0. The number of ether oxygens (including phenoxy) is 1. The molecular weight excluding hydrogens is 276 g/mol. The second-order valence-electron chi connectivity index (χ2n) is 6.40. The topological polar surface area (TPSA) is 41.6 Å².